The van der Waals surface area contributed by atoms with Crippen molar-refractivity contribution in [3.8, 4) is 33.4 Å². The minimum Gasteiger partial charge on any atom is -0.264 e. The fraction of sp³-hybridized carbons (Fsp3) is 0.0192. The average molecular weight is 702 g/mol. The molecule has 12 rings (SSSR count). The molecule has 0 unspecified atom stereocenters. The van der Waals surface area contributed by atoms with E-state index in [2.05, 4.69) is 182 Å². The number of nitrogens with zero attached hydrogens (tertiary/aromatic N) is 1. The molecule has 0 saturated carbocycles. The maximum atomic E-state index is 4.77. The Balaban J connectivity index is 1.14. The molecule has 0 amide bonds. The molecule has 2 aliphatic carbocycles. The molecular weight excluding hydrogens is 671 g/mol. The summed E-state index contributed by atoms with van der Waals surface area (Å²) in [5.41, 5.74) is 12.9. The van der Waals surface area contributed by atoms with E-state index >= 15 is 0 Å². The third-order valence-corrected chi connectivity index (χ3v) is 13.2. The lowest BCUT2D eigenvalue weighted by molar-refractivity contribution is 0.792. The maximum Gasteiger partial charge on any atom is 0.0725 e. The van der Waals surface area contributed by atoms with Gasteiger partial charge < -0.3 is 0 Å². The summed E-state index contributed by atoms with van der Waals surface area (Å²) in [5.74, 6) is 0. The third kappa shape index (κ3) is 3.88. The van der Waals surface area contributed by atoms with Crippen LogP contribution < -0.4 is 0 Å². The monoisotopic (exact) mass is 701 g/mol. The van der Waals surface area contributed by atoms with Crippen molar-refractivity contribution in [3.63, 3.8) is 0 Å². The number of pyridine rings is 1. The summed E-state index contributed by atoms with van der Waals surface area (Å²) in [6, 6.07) is 65.4. The van der Waals surface area contributed by atoms with Crippen molar-refractivity contribution in [2.75, 3.05) is 0 Å². The highest BCUT2D eigenvalue weighted by Gasteiger charge is 2.52. The van der Waals surface area contributed by atoms with Crippen LogP contribution in [-0.4, -0.2) is 4.98 Å². The minimum absolute atomic E-state index is 0.370. The molecule has 2 aliphatic rings. The van der Waals surface area contributed by atoms with Crippen LogP contribution in [0, 0.1) is 0 Å². The van der Waals surface area contributed by atoms with E-state index in [0.29, 0.717) is 0 Å². The molecule has 0 aliphatic heterocycles. The first-order valence-corrected chi connectivity index (χ1v) is 19.4. The molecule has 2 heteroatoms. The second kappa shape index (κ2) is 11.3. The predicted octanol–water partition coefficient (Wildman–Crippen LogP) is 13.9. The summed E-state index contributed by atoms with van der Waals surface area (Å²) >= 11 is 1.90. The molecule has 0 bridgehead atoms. The molecule has 54 heavy (non-hydrogen) atoms. The van der Waals surface area contributed by atoms with Crippen molar-refractivity contribution in [1.82, 2.24) is 4.98 Å². The molecule has 0 atom stereocenters. The van der Waals surface area contributed by atoms with Crippen LogP contribution in [0.3, 0.4) is 0 Å². The Labute approximate surface area is 317 Å². The molecular formula is C52H31NS. The second-order valence-electron chi connectivity index (χ2n) is 14.5. The Kier molecular flexibility index (Phi) is 6.26. The van der Waals surface area contributed by atoms with Gasteiger partial charge in [0.2, 0.25) is 0 Å². The molecule has 0 radical (unpaired) electrons. The summed E-state index contributed by atoms with van der Waals surface area (Å²) in [4.78, 5) is 7.29. The van der Waals surface area contributed by atoms with E-state index < -0.39 is 0 Å². The number of aromatic nitrogens is 1. The predicted molar refractivity (Wildman–Crippen MR) is 227 cm³/mol. The molecule has 1 aromatic heterocycles. The fourth-order valence-electron chi connectivity index (χ4n) is 9.95. The summed E-state index contributed by atoms with van der Waals surface area (Å²) in [6.45, 7) is 0. The van der Waals surface area contributed by atoms with Gasteiger partial charge in [0, 0.05) is 33.1 Å². The van der Waals surface area contributed by atoms with E-state index in [1.54, 1.807) is 0 Å². The normalized spacial score (nSPS) is 13.4. The largest absolute Gasteiger partial charge is 0.264 e. The number of rotatable bonds is 3. The number of benzene rings is 9. The van der Waals surface area contributed by atoms with Crippen molar-refractivity contribution in [3.05, 3.63) is 211 Å². The van der Waals surface area contributed by atoms with Gasteiger partial charge in [-0.25, -0.2) is 0 Å². The first kappa shape index (κ1) is 30.0. The highest BCUT2D eigenvalue weighted by atomic mass is 32.2. The first-order chi connectivity index (χ1) is 26.8. The van der Waals surface area contributed by atoms with Crippen LogP contribution in [0.15, 0.2) is 198 Å². The highest BCUT2D eigenvalue weighted by Crippen LogP contribution is 2.64. The summed E-state index contributed by atoms with van der Waals surface area (Å²) in [7, 11) is 0. The molecule has 1 spiro atoms. The molecule has 0 saturated heterocycles. The van der Waals surface area contributed by atoms with E-state index in [4.69, 9.17) is 4.98 Å². The van der Waals surface area contributed by atoms with Gasteiger partial charge in [0.1, 0.15) is 0 Å². The highest BCUT2D eigenvalue weighted by molar-refractivity contribution is 8.00. The average Bonchev–Trinajstić information content (AvgIpc) is 3.71. The van der Waals surface area contributed by atoms with Crippen molar-refractivity contribution < 1.29 is 0 Å². The molecule has 9 aromatic carbocycles. The van der Waals surface area contributed by atoms with Crippen LogP contribution in [0.25, 0.3) is 76.5 Å². The molecule has 1 heterocycles. The van der Waals surface area contributed by atoms with Gasteiger partial charge in [-0.15, -0.1) is 0 Å². The van der Waals surface area contributed by atoms with Crippen molar-refractivity contribution in [2.24, 2.45) is 0 Å². The van der Waals surface area contributed by atoms with Gasteiger partial charge in [-0.1, -0.05) is 169 Å². The van der Waals surface area contributed by atoms with Gasteiger partial charge in [-0.05, 0) is 106 Å². The van der Waals surface area contributed by atoms with Gasteiger partial charge in [0.25, 0.3) is 0 Å². The number of hydrogen-bond donors (Lipinski definition) is 0. The smallest absolute Gasteiger partial charge is 0.0725 e. The lowest BCUT2D eigenvalue weighted by Crippen LogP contribution is -2.25. The van der Waals surface area contributed by atoms with Crippen LogP contribution in [0.1, 0.15) is 22.3 Å². The Bertz CT molecular complexity index is 3110. The zero-order chi connectivity index (χ0) is 35.4. The minimum atomic E-state index is -0.370. The molecule has 10 aromatic rings. The molecule has 250 valence electrons. The summed E-state index contributed by atoms with van der Waals surface area (Å²) in [5, 5.41) is 9.93. The van der Waals surface area contributed by atoms with Gasteiger partial charge in [0.15, 0.2) is 0 Å². The molecule has 0 N–H and O–H groups in total. The molecule has 1 nitrogen and oxygen atoms in total. The zero-order valence-corrected chi connectivity index (χ0v) is 30.1. The van der Waals surface area contributed by atoms with Crippen LogP contribution in [0.2, 0.25) is 0 Å². The van der Waals surface area contributed by atoms with Crippen LogP contribution in [-0.2, 0) is 5.41 Å². The van der Waals surface area contributed by atoms with E-state index in [9.17, 15) is 0 Å². The Morgan fingerprint density at radius 3 is 1.69 bits per heavy atom. The van der Waals surface area contributed by atoms with E-state index in [1.807, 2.05) is 18.0 Å². The number of hydrogen-bond acceptors (Lipinski definition) is 2. The van der Waals surface area contributed by atoms with E-state index in [-0.39, 0.29) is 5.41 Å². The summed E-state index contributed by atoms with van der Waals surface area (Å²) in [6.07, 6.45) is 4.03. The van der Waals surface area contributed by atoms with Crippen molar-refractivity contribution in [1.29, 1.82) is 0 Å². The lowest BCUT2D eigenvalue weighted by Gasteiger charge is -2.30. The van der Waals surface area contributed by atoms with Crippen LogP contribution >= 0.6 is 11.8 Å². The van der Waals surface area contributed by atoms with Crippen LogP contribution in [0.4, 0.5) is 0 Å². The van der Waals surface area contributed by atoms with E-state index in [0.717, 1.165) is 0 Å². The van der Waals surface area contributed by atoms with Gasteiger partial charge in [-0.3, -0.25) is 4.98 Å². The van der Waals surface area contributed by atoms with Gasteiger partial charge >= 0.3 is 0 Å². The van der Waals surface area contributed by atoms with E-state index in [1.165, 1.54) is 109 Å². The summed E-state index contributed by atoms with van der Waals surface area (Å²) < 4.78 is 0. The molecule has 0 fully saturated rings. The van der Waals surface area contributed by atoms with Crippen molar-refractivity contribution in [2.45, 2.75) is 15.2 Å². The topological polar surface area (TPSA) is 12.9 Å². The lowest BCUT2D eigenvalue weighted by atomic mass is 9.70. The quantitative estimate of drug-likeness (QED) is 0.134. The fourth-order valence-corrected chi connectivity index (χ4v) is 11.2. The standard InChI is InChI=1S/C52H31NS/c1-2-15-33-32(14-1)30-42(35-17-4-3-16-34(33)35)49-38-20-5-6-21-39(38)51(40-28-29-53-31-43(40)49)54-48-27-13-26-47-50(48)41-22-9-12-25-46(41)52(47)44-23-10-7-18-36(44)37-19-8-11-24-45(37)52/h1-31H. The Morgan fingerprint density at radius 2 is 0.926 bits per heavy atom. The Hall–Kier alpha value is -6.48. The van der Waals surface area contributed by atoms with Crippen LogP contribution in [0.5, 0.6) is 0 Å². The van der Waals surface area contributed by atoms with Gasteiger partial charge in [0.05, 0.1) is 5.41 Å². The maximum absolute atomic E-state index is 4.77. The number of fused-ring (bicyclic) bond motifs is 15. The SMILES string of the molecule is c1ccc2c(c1)-c1ccccc1C21c2ccccc2-c2c(Sc3c4ccccc4c(-c4cc5ccccc5c5ccccc45)c4cnccc34)cccc21. The first-order valence-electron chi connectivity index (χ1n) is 18.6. The second-order valence-corrected chi connectivity index (χ2v) is 15.6. The Morgan fingerprint density at radius 1 is 0.370 bits per heavy atom. The van der Waals surface area contributed by atoms with Crippen molar-refractivity contribution >= 4 is 54.9 Å². The van der Waals surface area contributed by atoms with Gasteiger partial charge in [-0.2, -0.15) is 0 Å². The zero-order valence-electron chi connectivity index (χ0n) is 29.3. The third-order valence-electron chi connectivity index (χ3n) is 12.0.